The molecule has 3 rings (SSSR count). The third kappa shape index (κ3) is 2.53. The maximum atomic E-state index is 9.28. The highest BCUT2D eigenvalue weighted by Crippen LogP contribution is 2.28. The average Bonchev–Trinajstić information content (AvgIpc) is 3.02. The number of hydrogen-bond donors (Lipinski definition) is 2. The van der Waals surface area contributed by atoms with Crippen LogP contribution in [0.25, 0.3) is 11.0 Å². The normalized spacial score (nSPS) is 11.4. The number of nitrogens with two attached hydrogens (primary N) is 1. The van der Waals surface area contributed by atoms with E-state index in [2.05, 4.69) is 15.2 Å². The van der Waals surface area contributed by atoms with Crippen LogP contribution in [0.4, 0.5) is 0 Å². The van der Waals surface area contributed by atoms with Crippen LogP contribution in [0.1, 0.15) is 5.82 Å². The molecule has 0 aliphatic rings. The summed E-state index contributed by atoms with van der Waals surface area (Å²) in [6.45, 7) is 0.891. The van der Waals surface area contributed by atoms with Gasteiger partial charge in [0.25, 0.3) is 0 Å². The molecule has 2 heterocycles. The van der Waals surface area contributed by atoms with Crippen LogP contribution in [0.2, 0.25) is 0 Å². The molecule has 0 aliphatic heterocycles. The number of hydrogen-bond acceptors (Lipinski definition) is 6. The Morgan fingerprint density at radius 3 is 2.76 bits per heavy atom. The van der Waals surface area contributed by atoms with Crippen LogP contribution in [0, 0.1) is 0 Å². The quantitative estimate of drug-likeness (QED) is 0.723. The molecular formula is C13H16N6OS. The zero-order valence-corrected chi connectivity index (χ0v) is 12.4. The van der Waals surface area contributed by atoms with E-state index in [9.17, 15) is 5.11 Å². The van der Waals surface area contributed by atoms with Gasteiger partial charge in [0.1, 0.15) is 5.82 Å². The van der Waals surface area contributed by atoms with E-state index in [-0.39, 0.29) is 6.61 Å². The smallest absolute Gasteiger partial charge is 0.198 e. The van der Waals surface area contributed by atoms with E-state index in [1.807, 2.05) is 40.4 Å². The standard InChI is InChI=1S/C13H16N6OS/c1-18-11(8-14)16-17-13(18)21-12-15-9-4-2-3-5-10(9)19(12)6-7-20/h2-5,20H,6-8,14H2,1H3. The molecule has 7 nitrogen and oxygen atoms in total. The van der Waals surface area contributed by atoms with Crippen molar-refractivity contribution in [1.29, 1.82) is 0 Å². The highest BCUT2D eigenvalue weighted by Gasteiger charge is 2.15. The monoisotopic (exact) mass is 304 g/mol. The summed E-state index contributed by atoms with van der Waals surface area (Å²) in [5.74, 6) is 0.724. The summed E-state index contributed by atoms with van der Waals surface area (Å²) in [6, 6.07) is 7.85. The first kappa shape index (κ1) is 14.1. The molecule has 0 fully saturated rings. The van der Waals surface area contributed by atoms with E-state index in [4.69, 9.17) is 5.73 Å². The molecule has 0 bridgehead atoms. The van der Waals surface area contributed by atoms with E-state index in [0.717, 1.165) is 27.2 Å². The van der Waals surface area contributed by atoms with Crippen molar-refractivity contribution >= 4 is 22.8 Å². The number of fused-ring (bicyclic) bond motifs is 1. The van der Waals surface area contributed by atoms with Gasteiger partial charge >= 0.3 is 0 Å². The lowest BCUT2D eigenvalue weighted by molar-refractivity contribution is 0.273. The molecule has 3 N–H and O–H groups in total. The fraction of sp³-hybridized carbons (Fsp3) is 0.308. The van der Waals surface area contributed by atoms with Gasteiger partial charge in [0.2, 0.25) is 0 Å². The maximum absolute atomic E-state index is 9.28. The largest absolute Gasteiger partial charge is 0.395 e. The number of rotatable bonds is 5. The van der Waals surface area contributed by atoms with Gasteiger partial charge in [0.05, 0.1) is 24.2 Å². The van der Waals surface area contributed by atoms with E-state index < -0.39 is 0 Å². The molecule has 0 saturated heterocycles. The van der Waals surface area contributed by atoms with Gasteiger partial charge in [-0.2, -0.15) is 0 Å². The molecule has 8 heteroatoms. The fourth-order valence-corrected chi connectivity index (χ4v) is 3.07. The van der Waals surface area contributed by atoms with Crippen LogP contribution in [0.5, 0.6) is 0 Å². The third-order valence-electron chi connectivity index (χ3n) is 3.23. The highest BCUT2D eigenvalue weighted by molar-refractivity contribution is 7.99. The van der Waals surface area contributed by atoms with Crippen molar-refractivity contribution < 1.29 is 5.11 Å². The van der Waals surface area contributed by atoms with Crippen molar-refractivity contribution in [1.82, 2.24) is 24.3 Å². The summed E-state index contributed by atoms with van der Waals surface area (Å²) < 4.78 is 3.84. The lowest BCUT2D eigenvalue weighted by Crippen LogP contribution is -2.06. The number of aromatic nitrogens is 5. The lowest BCUT2D eigenvalue weighted by atomic mass is 10.3. The summed E-state index contributed by atoms with van der Waals surface area (Å²) in [6.07, 6.45) is 0. The molecule has 0 aliphatic carbocycles. The zero-order chi connectivity index (χ0) is 14.8. The summed E-state index contributed by atoms with van der Waals surface area (Å²) in [7, 11) is 1.88. The maximum Gasteiger partial charge on any atom is 0.198 e. The Morgan fingerprint density at radius 1 is 1.24 bits per heavy atom. The fourth-order valence-electron chi connectivity index (χ4n) is 2.14. The van der Waals surface area contributed by atoms with Crippen molar-refractivity contribution in [2.75, 3.05) is 6.61 Å². The second-order valence-corrected chi connectivity index (χ2v) is 5.46. The first-order chi connectivity index (χ1) is 10.2. The number of aliphatic hydroxyl groups is 1. The van der Waals surface area contributed by atoms with Crippen LogP contribution in [0.15, 0.2) is 34.6 Å². The molecule has 0 unspecified atom stereocenters. The minimum Gasteiger partial charge on any atom is -0.395 e. The molecule has 2 aromatic heterocycles. The molecule has 110 valence electrons. The second kappa shape index (κ2) is 5.84. The SMILES string of the molecule is Cn1c(CN)nnc1Sc1nc2ccccc2n1CCO. The van der Waals surface area contributed by atoms with Crippen molar-refractivity contribution in [3.8, 4) is 0 Å². The minimum atomic E-state index is 0.0563. The summed E-state index contributed by atoms with van der Waals surface area (Å²) in [5.41, 5.74) is 7.50. The molecule has 1 aromatic carbocycles. The van der Waals surface area contributed by atoms with Gasteiger partial charge in [-0.15, -0.1) is 10.2 Å². The highest BCUT2D eigenvalue weighted by atomic mass is 32.2. The summed E-state index contributed by atoms with van der Waals surface area (Å²) >= 11 is 1.42. The molecule has 0 saturated carbocycles. The van der Waals surface area contributed by atoms with Gasteiger partial charge in [0.15, 0.2) is 10.3 Å². The molecule has 21 heavy (non-hydrogen) atoms. The van der Waals surface area contributed by atoms with Crippen molar-refractivity contribution in [2.45, 2.75) is 23.4 Å². The number of imidazole rings is 1. The number of nitrogens with zero attached hydrogens (tertiary/aromatic N) is 5. The Bertz CT molecular complexity index is 765. The topological polar surface area (TPSA) is 94.8 Å². The van der Waals surface area contributed by atoms with Crippen LogP contribution in [-0.2, 0) is 20.1 Å². The number of para-hydroxylation sites is 2. The molecule has 0 radical (unpaired) electrons. The van der Waals surface area contributed by atoms with E-state index in [1.165, 1.54) is 11.8 Å². The Labute approximate surface area is 125 Å². The van der Waals surface area contributed by atoms with Crippen molar-refractivity contribution in [2.24, 2.45) is 12.8 Å². The average molecular weight is 304 g/mol. The Kier molecular flexibility index (Phi) is 3.91. The Morgan fingerprint density at radius 2 is 2.05 bits per heavy atom. The zero-order valence-electron chi connectivity index (χ0n) is 11.6. The van der Waals surface area contributed by atoms with Gasteiger partial charge in [-0.1, -0.05) is 12.1 Å². The van der Waals surface area contributed by atoms with E-state index in [1.54, 1.807) is 0 Å². The third-order valence-corrected chi connectivity index (χ3v) is 4.27. The van der Waals surface area contributed by atoms with Gasteiger partial charge < -0.3 is 20.0 Å². The number of benzene rings is 1. The minimum absolute atomic E-state index is 0.0563. The second-order valence-electron chi connectivity index (χ2n) is 4.52. The molecule has 0 amide bonds. The van der Waals surface area contributed by atoms with Crippen LogP contribution in [0.3, 0.4) is 0 Å². The first-order valence-corrected chi connectivity index (χ1v) is 7.38. The lowest BCUT2D eigenvalue weighted by Gasteiger charge is -2.06. The molecular weight excluding hydrogens is 288 g/mol. The first-order valence-electron chi connectivity index (χ1n) is 6.57. The molecule has 0 spiro atoms. The summed E-state index contributed by atoms with van der Waals surface area (Å²) in [5, 5.41) is 19.0. The molecule has 3 aromatic rings. The molecule has 0 atom stereocenters. The van der Waals surface area contributed by atoms with Gasteiger partial charge in [-0.3, -0.25) is 0 Å². The van der Waals surface area contributed by atoms with Crippen molar-refractivity contribution in [3.63, 3.8) is 0 Å². The van der Waals surface area contributed by atoms with E-state index >= 15 is 0 Å². The Balaban J connectivity index is 2.03. The van der Waals surface area contributed by atoms with Crippen LogP contribution >= 0.6 is 11.8 Å². The predicted octanol–water partition coefficient (Wildman–Crippen LogP) is 0.767. The predicted molar refractivity (Wildman–Crippen MR) is 79.8 cm³/mol. The summed E-state index contributed by atoms with van der Waals surface area (Å²) in [4.78, 5) is 4.61. The van der Waals surface area contributed by atoms with Gasteiger partial charge in [0, 0.05) is 13.6 Å². The van der Waals surface area contributed by atoms with Crippen molar-refractivity contribution in [3.05, 3.63) is 30.1 Å². The van der Waals surface area contributed by atoms with E-state index in [0.29, 0.717) is 13.1 Å². The Hall–Kier alpha value is -1.90. The van der Waals surface area contributed by atoms with Gasteiger partial charge in [-0.25, -0.2) is 4.98 Å². The van der Waals surface area contributed by atoms with Gasteiger partial charge in [-0.05, 0) is 23.9 Å². The van der Waals surface area contributed by atoms with Crippen LogP contribution in [-0.4, -0.2) is 36.0 Å². The van der Waals surface area contributed by atoms with Crippen LogP contribution < -0.4 is 5.73 Å². The number of aliphatic hydroxyl groups excluding tert-OH is 1.